The van der Waals surface area contributed by atoms with Gasteiger partial charge in [0.2, 0.25) is 11.8 Å². The molecule has 7 nitrogen and oxygen atoms in total. The van der Waals surface area contributed by atoms with Crippen LogP contribution in [-0.4, -0.2) is 37.0 Å². The summed E-state index contributed by atoms with van der Waals surface area (Å²) in [7, 11) is 3.25. The van der Waals surface area contributed by atoms with Crippen LogP contribution < -0.4 is 15.0 Å². The van der Waals surface area contributed by atoms with Crippen molar-refractivity contribution in [2.24, 2.45) is 0 Å². The Morgan fingerprint density at radius 3 is 2.56 bits per heavy atom. The lowest BCUT2D eigenvalue weighted by molar-refractivity contribution is -0.126. The van der Waals surface area contributed by atoms with Crippen molar-refractivity contribution in [1.82, 2.24) is 0 Å². The molecule has 0 aliphatic carbocycles. The molecule has 1 spiro atoms. The lowest BCUT2D eigenvalue weighted by atomic mass is 9.74. The molecule has 2 N–H and O–H groups in total. The number of hydrogen-bond donors (Lipinski definition) is 2. The molecule has 0 bridgehead atoms. The van der Waals surface area contributed by atoms with Crippen LogP contribution in [0.1, 0.15) is 32.1 Å². The lowest BCUT2D eigenvalue weighted by Gasteiger charge is -2.32. The summed E-state index contributed by atoms with van der Waals surface area (Å²) in [6.45, 7) is 1.92. The Morgan fingerprint density at radius 1 is 1.19 bits per heavy atom. The number of carbonyl (C=O) groups excluding carboxylic acids is 2. The van der Waals surface area contributed by atoms with Gasteiger partial charge in [-0.05, 0) is 35.7 Å². The molecular weight excluding hydrogens is 428 g/mol. The van der Waals surface area contributed by atoms with Crippen molar-refractivity contribution >= 4 is 40.5 Å². The Balaban J connectivity index is 1.83. The van der Waals surface area contributed by atoms with Gasteiger partial charge in [-0.1, -0.05) is 30.3 Å². The zero-order valence-corrected chi connectivity index (χ0v) is 18.5. The summed E-state index contributed by atoms with van der Waals surface area (Å²) in [5.74, 6) is -1.02. The second-order valence-electron chi connectivity index (χ2n) is 8.01. The molecule has 3 aromatic rings. The molecule has 0 saturated heterocycles. The van der Waals surface area contributed by atoms with Gasteiger partial charge < -0.3 is 20.1 Å². The number of methoxy groups -OCH3 is 1. The number of nitrogens with one attached hydrogen (secondary N) is 1. The molecule has 0 saturated carbocycles. The molecule has 2 aliphatic rings. The van der Waals surface area contributed by atoms with E-state index in [9.17, 15) is 19.5 Å². The second kappa shape index (κ2) is 6.93. The van der Waals surface area contributed by atoms with E-state index in [4.69, 9.17) is 4.74 Å². The number of likely N-dealkylation sites (N-methyl/N-ethyl adjacent to an activating group) is 1. The maximum absolute atomic E-state index is 13.7. The first-order valence-corrected chi connectivity index (χ1v) is 10.8. The molecule has 2 aromatic carbocycles. The highest BCUT2D eigenvalue weighted by Crippen LogP contribution is 2.57. The zero-order valence-electron chi connectivity index (χ0n) is 17.7. The van der Waals surface area contributed by atoms with Crippen molar-refractivity contribution < 1.29 is 24.2 Å². The van der Waals surface area contributed by atoms with E-state index >= 15 is 0 Å². The van der Waals surface area contributed by atoms with Gasteiger partial charge in [0.15, 0.2) is 0 Å². The monoisotopic (exact) mass is 448 g/mol. The average molecular weight is 449 g/mol. The van der Waals surface area contributed by atoms with Crippen LogP contribution in [0.3, 0.4) is 0 Å². The number of nitrogens with zero attached hydrogens (tertiary/aromatic N) is 1. The van der Waals surface area contributed by atoms with E-state index < -0.39 is 11.4 Å². The average Bonchev–Trinajstić information content (AvgIpc) is 3.25. The fourth-order valence-electron chi connectivity index (χ4n) is 4.88. The highest BCUT2D eigenvalue weighted by atomic mass is 32.1. The van der Waals surface area contributed by atoms with Crippen molar-refractivity contribution in [3.8, 4) is 16.9 Å². The zero-order chi connectivity index (χ0) is 22.8. The van der Waals surface area contributed by atoms with E-state index in [1.165, 1.54) is 0 Å². The predicted octanol–water partition coefficient (Wildman–Crippen LogP) is 4.04. The predicted molar refractivity (Wildman–Crippen MR) is 122 cm³/mol. The number of carboxylic acids is 1. The van der Waals surface area contributed by atoms with E-state index in [1.54, 1.807) is 43.3 Å². The summed E-state index contributed by atoms with van der Waals surface area (Å²) in [6.07, 6.45) is -0.0682. The number of amides is 2. The standard InChI is InChI=1S/C24H20N2O5S/c1-12-5-4-6-15-19(12)26(2)23(30)24(15)11-16(27)25-18-17(20(22(28)29)32-21(18)24)13-7-9-14(31-3)10-8-13/h4-10H,11H2,1-3H3,(H,25,27)(H,28,29)/t24-/m0/s1. The van der Waals surface area contributed by atoms with Gasteiger partial charge in [0.25, 0.3) is 0 Å². The van der Waals surface area contributed by atoms with Crippen LogP contribution in [0.5, 0.6) is 5.75 Å². The summed E-state index contributed by atoms with van der Waals surface area (Å²) in [4.78, 5) is 41.1. The number of fused-ring (bicyclic) bond motifs is 4. The molecule has 3 heterocycles. The highest BCUT2D eigenvalue weighted by Gasteiger charge is 2.57. The highest BCUT2D eigenvalue weighted by molar-refractivity contribution is 7.15. The molecular formula is C24H20N2O5S. The van der Waals surface area contributed by atoms with Crippen LogP contribution in [-0.2, 0) is 15.0 Å². The number of hydrogen-bond acceptors (Lipinski definition) is 5. The molecule has 0 radical (unpaired) electrons. The van der Waals surface area contributed by atoms with E-state index in [0.29, 0.717) is 27.4 Å². The molecule has 8 heteroatoms. The van der Waals surface area contributed by atoms with E-state index in [2.05, 4.69) is 5.32 Å². The summed E-state index contributed by atoms with van der Waals surface area (Å²) in [5.41, 5.74) is 2.62. The van der Waals surface area contributed by atoms with E-state index in [1.807, 2.05) is 25.1 Å². The van der Waals surface area contributed by atoms with Crippen molar-refractivity contribution in [3.63, 3.8) is 0 Å². The van der Waals surface area contributed by atoms with Crippen LogP contribution in [0.15, 0.2) is 42.5 Å². The Bertz CT molecular complexity index is 1310. The van der Waals surface area contributed by atoms with E-state index in [0.717, 1.165) is 28.2 Å². The minimum Gasteiger partial charge on any atom is -0.497 e. The van der Waals surface area contributed by atoms with Crippen LogP contribution in [0.2, 0.25) is 0 Å². The summed E-state index contributed by atoms with van der Waals surface area (Å²) in [5, 5.41) is 12.9. The fourth-order valence-corrected chi connectivity index (χ4v) is 6.19. The third-order valence-electron chi connectivity index (χ3n) is 6.26. The molecule has 32 heavy (non-hydrogen) atoms. The van der Waals surface area contributed by atoms with Gasteiger partial charge in [-0.25, -0.2) is 4.79 Å². The van der Waals surface area contributed by atoms with Crippen LogP contribution in [0.4, 0.5) is 11.4 Å². The van der Waals surface area contributed by atoms with Crippen LogP contribution >= 0.6 is 11.3 Å². The maximum atomic E-state index is 13.7. The fraction of sp³-hybridized carbons (Fsp3) is 0.208. The maximum Gasteiger partial charge on any atom is 0.346 e. The normalized spacial score (nSPS) is 19.0. The molecule has 0 fully saturated rings. The Labute approximate surface area is 188 Å². The SMILES string of the molecule is COc1ccc(-c2c(C(=O)O)sc3c2NC(=O)C[C@@]32C(=O)N(C)c3c(C)cccc32)cc1. The number of aryl methyl sites for hydroxylation is 1. The Morgan fingerprint density at radius 2 is 1.91 bits per heavy atom. The molecule has 0 unspecified atom stereocenters. The first-order chi connectivity index (χ1) is 15.3. The number of carbonyl (C=O) groups is 3. The Kier molecular flexibility index (Phi) is 4.39. The third kappa shape index (κ3) is 2.56. The smallest absolute Gasteiger partial charge is 0.346 e. The number of carboxylic acid groups (broad SMARTS) is 1. The molecule has 162 valence electrons. The van der Waals surface area contributed by atoms with Gasteiger partial charge in [-0.2, -0.15) is 0 Å². The summed E-state index contributed by atoms with van der Waals surface area (Å²) < 4.78 is 5.21. The van der Waals surface area contributed by atoms with Gasteiger partial charge in [-0.3, -0.25) is 9.59 Å². The molecule has 1 aromatic heterocycles. The van der Waals surface area contributed by atoms with Gasteiger partial charge in [0.05, 0.1) is 29.8 Å². The number of para-hydroxylation sites is 1. The number of rotatable bonds is 3. The summed E-state index contributed by atoms with van der Waals surface area (Å²) >= 11 is 1.06. The van der Waals surface area contributed by atoms with Crippen molar-refractivity contribution in [3.05, 3.63) is 63.3 Å². The Hall–Kier alpha value is -3.65. The second-order valence-corrected chi connectivity index (χ2v) is 9.03. The quantitative estimate of drug-likeness (QED) is 0.631. The van der Waals surface area contributed by atoms with Gasteiger partial charge >= 0.3 is 5.97 Å². The number of aromatic carboxylic acids is 1. The lowest BCUT2D eigenvalue weighted by Crippen LogP contribution is -2.45. The number of ether oxygens (including phenoxy) is 1. The van der Waals surface area contributed by atoms with E-state index in [-0.39, 0.29) is 23.1 Å². The van der Waals surface area contributed by atoms with Crippen LogP contribution in [0.25, 0.3) is 11.1 Å². The van der Waals surface area contributed by atoms with Crippen molar-refractivity contribution in [1.29, 1.82) is 0 Å². The number of thiophene rings is 1. The number of benzene rings is 2. The summed E-state index contributed by atoms with van der Waals surface area (Å²) in [6, 6.07) is 12.6. The third-order valence-corrected chi connectivity index (χ3v) is 7.60. The van der Waals surface area contributed by atoms with Gasteiger partial charge in [-0.15, -0.1) is 11.3 Å². The number of anilines is 2. The largest absolute Gasteiger partial charge is 0.497 e. The van der Waals surface area contributed by atoms with Gasteiger partial charge in [0.1, 0.15) is 16.0 Å². The first-order valence-electron chi connectivity index (χ1n) is 10.0. The molecule has 5 rings (SSSR count). The molecule has 2 aliphatic heterocycles. The van der Waals surface area contributed by atoms with Crippen molar-refractivity contribution in [2.75, 3.05) is 24.4 Å². The molecule has 1 atom stereocenters. The van der Waals surface area contributed by atoms with Gasteiger partial charge in [0, 0.05) is 12.6 Å². The molecule has 2 amide bonds. The minimum atomic E-state index is -1.24. The minimum absolute atomic E-state index is 0.0682. The van der Waals surface area contributed by atoms with Crippen LogP contribution in [0, 0.1) is 6.92 Å². The topological polar surface area (TPSA) is 95.9 Å². The first kappa shape index (κ1) is 20.3. The van der Waals surface area contributed by atoms with Crippen molar-refractivity contribution in [2.45, 2.75) is 18.8 Å².